The van der Waals surface area contributed by atoms with Crippen LogP contribution in [0.5, 0.6) is 0 Å². The highest BCUT2D eigenvalue weighted by Crippen LogP contribution is 2.58. The first kappa shape index (κ1) is 50.1. The molecule has 14 atom stereocenters. The lowest BCUT2D eigenvalue weighted by molar-refractivity contribution is -0.140. The van der Waals surface area contributed by atoms with Gasteiger partial charge in [-0.2, -0.15) is 0 Å². The van der Waals surface area contributed by atoms with E-state index in [1.165, 1.54) is 0 Å². The van der Waals surface area contributed by atoms with Crippen molar-refractivity contribution in [2.75, 3.05) is 48.1 Å². The van der Waals surface area contributed by atoms with Crippen LogP contribution < -0.4 is 0 Å². The SMILES string of the molecule is COC[C@H]1O[C@@H](S(=O)(=O)c2ccc(Br)cc2)[C@@H](C)C1OP1OC(C(C)C)C(C)N1C.COC[C@]12CO[C@@H](C1OP1OC(C(C)C)C(C)N1C)[C@H](S(=O)(=O)c1ccc(Br)cc1)O2. The van der Waals surface area contributed by atoms with Crippen LogP contribution in [0.1, 0.15) is 48.5 Å². The Labute approximate surface area is 381 Å². The maximum atomic E-state index is 13.4. The Balaban J connectivity index is 0.000000204. The number of rotatable bonds is 14. The van der Waals surface area contributed by atoms with Crippen molar-refractivity contribution >= 4 is 68.6 Å². The molecule has 344 valence electrons. The fourth-order valence-corrected chi connectivity index (χ4v) is 16.2. The average molecular weight is 1060 g/mol. The number of fused-ring (bicyclic) bond motifs is 2. The molecule has 2 bridgehead atoms. The second-order valence-electron chi connectivity index (χ2n) is 16.9. The minimum Gasteiger partial charge on any atom is -0.382 e. The highest BCUT2D eigenvalue weighted by atomic mass is 79.9. The summed E-state index contributed by atoms with van der Waals surface area (Å²) in [6.07, 6.45) is -2.22. The summed E-state index contributed by atoms with van der Waals surface area (Å²) >= 11 is 6.68. The summed E-state index contributed by atoms with van der Waals surface area (Å²) in [6.45, 7) is 15.2. The number of benzene rings is 2. The average Bonchev–Trinajstić information content (AvgIpc) is 3.97. The number of methoxy groups -OCH3 is 2. The molecule has 5 aliphatic heterocycles. The Morgan fingerprint density at radius 1 is 0.754 bits per heavy atom. The number of nitrogens with zero attached hydrogens (tertiary/aromatic N) is 2. The third-order valence-corrected chi connectivity index (χ3v) is 20.5. The van der Waals surface area contributed by atoms with Crippen LogP contribution in [-0.4, -0.2) is 139 Å². The number of hydrogen-bond acceptors (Lipinski definition) is 15. The minimum atomic E-state index is -3.81. The molecular formula is C40H60Br2N2O13P2S2. The third-order valence-electron chi connectivity index (χ3n) is 12.0. The topological polar surface area (TPSA) is 158 Å². The van der Waals surface area contributed by atoms with Gasteiger partial charge in [0, 0.05) is 41.2 Å². The zero-order valence-corrected chi connectivity index (χ0v) is 43.0. The van der Waals surface area contributed by atoms with E-state index in [1.54, 1.807) is 62.8 Å². The molecule has 8 unspecified atom stereocenters. The Bertz CT molecular complexity index is 2010. The molecule has 0 N–H and O–H groups in total. The third kappa shape index (κ3) is 10.2. The number of likely N-dealkylation sites (N-methyl/N-ethyl adjacent to an activating group) is 2. The molecule has 21 heteroatoms. The van der Waals surface area contributed by atoms with E-state index < -0.39 is 77.6 Å². The molecule has 0 radical (unpaired) electrons. The summed E-state index contributed by atoms with van der Waals surface area (Å²) in [5.41, 5.74) is -3.19. The first-order valence-corrected chi connectivity index (χ1v) is 27.3. The number of halogens is 2. The predicted octanol–water partition coefficient (Wildman–Crippen LogP) is 7.57. The molecule has 2 aromatic rings. The molecule has 2 aromatic carbocycles. The van der Waals surface area contributed by atoms with Crippen molar-refractivity contribution in [3.05, 3.63) is 57.5 Å². The maximum absolute atomic E-state index is 13.4. The van der Waals surface area contributed by atoms with Gasteiger partial charge in [0.2, 0.25) is 19.7 Å². The Morgan fingerprint density at radius 3 is 1.67 bits per heavy atom. The molecule has 5 heterocycles. The lowest BCUT2D eigenvalue weighted by atomic mass is 10.0. The van der Waals surface area contributed by atoms with Crippen molar-refractivity contribution in [2.24, 2.45) is 17.8 Å². The van der Waals surface area contributed by atoms with Gasteiger partial charge in [0.1, 0.15) is 30.0 Å². The molecule has 7 rings (SSSR count). The van der Waals surface area contributed by atoms with Gasteiger partial charge in [-0.1, -0.05) is 66.5 Å². The van der Waals surface area contributed by atoms with Crippen LogP contribution in [0.2, 0.25) is 0 Å². The second kappa shape index (κ2) is 20.3. The lowest BCUT2D eigenvalue weighted by Crippen LogP contribution is -2.46. The van der Waals surface area contributed by atoms with Crippen LogP contribution in [0.4, 0.5) is 0 Å². The van der Waals surface area contributed by atoms with E-state index in [9.17, 15) is 16.8 Å². The molecular weight excluding hydrogens is 1000 g/mol. The summed E-state index contributed by atoms with van der Waals surface area (Å²) in [7, 11) is -3.11. The van der Waals surface area contributed by atoms with E-state index >= 15 is 0 Å². The molecule has 0 saturated carbocycles. The van der Waals surface area contributed by atoms with Crippen LogP contribution in [0.3, 0.4) is 0 Å². The van der Waals surface area contributed by atoms with Crippen molar-refractivity contribution in [2.45, 2.75) is 123 Å². The Morgan fingerprint density at radius 2 is 1.23 bits per heavy atom. The van der Waals surface area contributed by atoms with E-state index in [-0.39, 0.29) is 59.8 Å². The standard InChI is InChI=1S/C20H29BrNO7PS.C20H31BrNO6PS/c1-12(2)16-13(3)22(4)30(28-16)29-18-17-19(27-20(18,10-25-5)11-26-17)31(23,24)15-8-6-14(21)7-9-15;1-12(2)18-14(4)22(5)29(27-18)28-19-13(3)20(26-17(19)11-25-6)30(23,24)16-9-7-15(21)8-10-16/h6-9,12-13,16-19H,10-11H2,1-5H3;7-10,12-14,17-20H,11H2,1-6H3/t13?,16?,17-,18?,19-,20-,30?;13-,14?,17+,18?,19?,20-,29?/m00/s1. The normalized spacial score (nSPS) is 36.9. The van der Waals surface area contributed by atoms with Gasteiger partial charge in [-0.3, -0.25) is 0 Å². The van der Waals surface area contributed by atoms with Gasteiger partial charge < -0.3 is 41.8 Å². The van der Waals surface area contributed by atoms with Gasteiger partial charge in [0.05, 0.1) is 41.8 Å². The Kier molecular flexibility index (Phi) is 16.7. The van der Waals surface area contributed by atoms with Crippen molar-refractivity contribution in [1.29, 1.82) is 0 Å². The zero-order valence-electron chi connectivity index (χ0n) is 36.4. The quantitative estimate of drug-likeness (QED) is 0.171. The molecule has 61 heavy (non-hydrogen) atoms. The Hall–Kier alpha value is -0.280. The molecule has 0 amide bonds. The van der Waals surface area contributed by atoms with E-state index in [1.807, 2.05) is 21.0 Å². The molecule has 0 aromatic heterocycles. The van der Waals surface area contributed by atoms with Gasteiger partial charge in [0.15, 0.2) is 10.9 Å². The van der Waals surface area contributed by atoms with E-state index in [2.05, 4.69) is 82.7 Å². The zero-order chi connectivity index (χ0) is 44.8. The predicted molar refractivity (Wildman–Crippen MR) is 239 cm³/mol. The van der Waals surface area contributed by atoms with Crippen LogP contribution in [0.25, 0.3) is 0 Å². The fraction of sp³-hybridized carbons (Fsp3) is 0.700. The van der Waals surface area contributed by atoms with Crippen molar-refractivity contribution < 1.29 is 58.6 Å². The lowest BCUT2D eigenvalue weighted by Gasteiger charge is -2.31. The smallest absolute Gasteiger partial charge is 0.259 e. The maximum Gasteiger partial charge on any atom is 0.259 e. The van der Waals surface area contributed by atoms with Crippen molar-refractivity contribution in [3.63, 3.8) is 0 Å². The van der Waals surface area contributed by atoms with Gasteiger partial charge in [-0.05, 0) is 88.3 Å². The first-order chi connectivity index (χ1) is 28.7. The van der Waals surface area contributed by atoms with Crippen molar-refractivity contribution in [1.82, 2.24) is 9.34 Å². The molecule has 5 saturated heterocycles. The monoisotopic (exact) mass is 1060 g/mol. The first-order valence-electron chi connectivity index (χ1n) is 20.3. The van der Waals surface area contributed by atoms with Gasteiger partial charge >= 0.3 is 0 Å². The fourth-order valence-electron chi connectivity index (χ4n) is 8.34. The van der Waals surface area contributed by atoms with Gasteiger partial charge in [-0.25, -0.2) is 26.2 Å². The van der Waals surface area contributed by atoms with Gasteiger partial charge in [-0.15, -0.1) is 0 Å². The van der Waals surface area contributed by atoms with Crippen LogP contribution in [-0.2, 0) is 61.5 Å². The molecule has 5 fully saturated rings. The second-order valence-corrected chi connectivity index (χ2v) is 25.9. The highest BCUT2D eigenvalue weighted by Gasteiger charge is 2.67. The summed E-state index contributed by atoms with van der Waals surface area (Å²) < 4.78 is 113. The summed E-state index contributed by atoms with van der Waals surface area (Å²) in [5.74, 6) is 0.308. The minimum absolute atomic E-state index is 0.0395. The van der Waals surface area contributed by atoms with E-state index in [0.717, 1.165) is 8.95 Å². The molecule has 0 aliphatic carbocycles. The summed E-state index contributed by atoms with van der Waals surface area (Å²) in [4.78, 5) is 0.407. The number of hydrogen-bond donors (Lipinski definition) is 0. The molecule has 15 nitrogen and oxygen atoms in total. The van der Waals surface area contributed by atoms with Crippen LogP contribution in [0.15, 0.2) is 67.3 Å². The summed E-state index contributed by atoms with van der Waals surface area (Å²) in [5, 5.41) is 0. The molecule has 5 aliphatic rings. The van der Waals surface area contributed by atoms with Crippen LogP contribution >= 0.6 is 48.9 Å². The van der Waals surface area contributed by atoms with Gasteiger partial charge in [0.25, 0.3) is 17.1 Å². The molecule has 0 spiro atoms. The number of ether oxygens (including phenoxy) is 5. The van der Waals surface area contributed by atoms with Crippen molar-refractivity contribution in [3.8, 4) is 0 Å². The summed E-state index contributed by atoms with van der Waals surface area (Å²) in [6, 6.07) is 13.5. The largest absolute Gasteiger partial charge is 0.382 e. The van der Waals surface area contributed by atoms with Crippen LogP contribution in [0, 0.1) is 17.8 Å². The highest BCUT2D eigenvalue weighted by molar-refractivity contribution is 9.10. The van der Waals surface area contributed by atoms with E-state index in [0.29, 0.717) is 11.8 Å². The van der Waals surface area contributed by atoms with E-state index in [4.69, 9.17) is 41.8 Å². The number of sulfone groups is 2.